The predicted octanol–water partition coefficient (Wildman–Crippen LogP) is 0.195. The van der Waals surface area contributed by atoms with E-state index in [9.17, 15) is 4.79 Å². The van der Waals surface area contributed by atoms with Crippen molar-refractivity contribution in [2.24, 2.45) is 0 Å². The molecule has 0 saturated carbocycles. The molecule has 64 valence electrons. The Bertz CT molecular complexity index is 151. The highest BCUT2D eigenvalue weighted by Crippen LogP contribution is 2.00. The molecule has 0 radical (unpaired) electrons. The molecule has 0 atom stereocenters. The molecule has 1 heterocycles. The maximum absolute atomic E-state index is 11.2. The third-order valence-electron chi connectivity index (χ3n) is 1.94. The van der Waals surface area contributed by atoms with E-state index in [2.05, 4.69) is 27.5 Å². The Morgan fingerprint density at radius 2 is 2.27 bits per heavy atom. The molecule has 0 aromatic carbocycles. The van der Waals surface area contributed by atoms with E-state index in [0.29, 0.717) is 6.54 Å². The van der Waals surface area contributed by atoms with Gasteiger partial charge in [-0.25, -0.2) is 0 Å². The quantitative estimate of drug-likeness (QED) is 0.527. The minimum absolute atomic E-state index is 0.251. The monoisotopic (exact) mass is 268 g/mol. The van der Waals surface area contributed by atoms with Gasteiger partial charge in [0.15, 0.2) is 0 Å². The van der Waals surface area contributed by atoms with Crippen molar-refractivity contribution < 1.29 is 4.79 Å². The van der Waals surface area contributed by atoms with Crippen LogP contribution in [0.25, 0.3) is 0 Å². The van der Waals surface area contributed by atoms with Crippen LogP contribution in [0.1, 0.15) is 0 Å². The predicted molar refractivity (Wildman–Crippen MR) is 53.0 cm³/mol. The number of hydrogen-bond acceptors (Lipinski definition) is 2. The van der Waals surface area contributed by atoms with Crippen molar-refractivity contribution in [1.29, 1.82) is 0 Å². The van der Waals surface area contributed by atoms with Crippen LogP contribution in [0.4, 0.5) is 0 Å². The molecule has 0 bridgehead atoms. The molecule has 1 saturated heterocycles. The Balaban J connectivity index is 2.34. The summed E-state index contributed by atoms with van der Waals surface area (Å²) in [5.41, 5.74) is 0. The van der Waals surface area contributed by atoms with Gasteiger partial charge in [-0.2, -0.15) is 0 Å². The van der Waals surface area contributed by atoms with Crippen LogP contribution in [0.3, 0.4) is 0 Å². The fraction of sp³-hybridized carbons (Fsp3) is 0.857. The van der Waals surface area contributed by atoms with Crippen molar-refractivity contribution in [3.05, 3.63) is 0 Å². The second kappa shape index (κ2) is 4.25. The molecule has 1 aliphatic heterocycles. The Morgan fingerprint density at radius 1 is 1.55 bits per heavy atom. The molecule has 0 unspecified atom stereocenters. The van der Waals surface area contributed by atoms with E-state index >= 15 is 0 Å². The van der Waals surface area contributed by atoms with Crippen molar-refractivity contribution in [1.82, 2.24) is 9.80 Å². The van der Waals surface area contributed by atoms with Crippen LogP contribution in [-0.4, -0.2) is 53.4 Å². The van der Waals surface area contributed by atoms with Gasteiger partial charge in [0.1, 0.15) is 0 Å². The maximum atomic E-state index is 11.2. The van der Waals surface area contributed by atoms with Crippen LogP contribution < -0.4 is 0 Å². The van der Waals surface area contributed by atoms with Gasteiger partial charge in [-0.3, -0.25) is 9.69 Å². The van der Waals surface area contributed by atoms with Crippen LogP contribution in [0, 0.1) is 0 Å². The third kappa shape index (κ3) is 2.59. The van der Waals surface area contributed by atoms with Crippen molar-refractivity contribution in [3.8, 4) is 0 Å². The molecular weight excluding hydrogens is 255 g/mol. The summed E-state index contributed by atoms with van der Waals surface area (Å²) in [7, 11) is 1.86. The smallest absolute Gasteiger partial charge is 0.236 e. The Hall–Kier alpha value is 0.160. The molecule has 0 aromatic rings. The number of carbonyl (C=O) groups is 1. The zero-order valence-corrected chi connectivity index (χ0v) is 8.87. The molecule has 0 aliphatic carbocycles. The average molecular weight is 268 g/mol. The molecule has 0 aromatic heterocycles. The molecule has 1 amide bonds. The maximum Gasteiger partial charge on any atom is 0.236 e. The lowest BCUT2D eigenvalue weighted by Gasteiger charge is -2.31. The van der Waals surface area contributed by atoms with Gasteiger partial charge >= 0.3 is 0 Å². The van der Waals surface area contributed by atoms with E-state index in [1.165, 1.54) is 0 Å². The number of carbonyl (C=O) groups excluding carboxylic acids is 1. The largest absolute Gasteiger partial charge is 0.343 e. The van der Waals surface area contributed by atoms with Crippen LogP contribution in [0.15, 0.2) is 0 Å². The second-order valence-electron chi connectivity index (χ2n) is 2.78. The first kappa shape index (κ1) is 9.25. The lowest BCUT2D eigenvalue weighted by Crippen LogP contribution is -2.48. The molecular formula is C7H13IN2O. The molecule has 1 rings (SSSR count). The van der Waals surface area contributed by atoms with Crippen LogP contribution >= 0.6 is 22.6 Å². The molecule has 0 spiro atoms. The normalized spacial score (nSPS) is 20.9. The van der Waals surface area contributed by atoms with Gasteiger partial charge in [0, 0.05) is 31.1 Å². The van der Waals surface area contributed by atoms with Gasteiger partial charge in [-0.15, -0.1) is 0 Å². The van der Waals surface area contributed by atoms with Gasteiger partial charge < -0.3 is 4.90 Å². The number of rotatable bonds is 2. The number of alkyl halides is 1. The number of piperazine rings is 1. The zero-order chi connectivity index (χ0) is 8.27. The summed E-state index contributed by atoms with van der Waals surface area (Å²) in [5.74, 6) is 0.251. The number of hydrogen-bond donors (Lipinski definition) is 0. The topological polar surface area (TPSA) is 23.6 Å². The number of nitrogens with zero attached hydrogens (tertiary/aromatic N) is 2. The van der Waals surface area contributed by atoms with E-state index in [0.717, 1.165) is 24.1 Å². The Labute approximate surface area is 80.9 Å². The minimum Gasteiger partial charge on any atom is -0.343 e. The highest BCUT2D eigenvalue weighted by Gasteiger charge is 2.19. The molecule has 11 heavy (non-hydrogen) atoms. The van der Waals surface area contributed by atoms with Crippen molar-refractivity contribution in [2.45, 2.75) is 0 Å². The fourth-order valence-electron chi connectivity index (χ4n) is 1.12. The van der Waals surface area contributed by atoms with Gasteiger partial charge in [0.05, 0.1) is 6.54 Å². The second-order valence-corrected chi connectivity index (χ2v) is 3.86. The zero-order valence-electron chi connectivity index (χ0n) is 6.72. The number of amides is 1. The lowest BCUT2D eigenvalue weighted by atomic mass is 10.3. The van der Waals surface area contributed by atoms with E-state index in [4.69, 9.17) is 0 Å². The first-order valence-electron chi connectivity index (χ1n) is 3.76. The standard InChI is InChI=1S/C7H13IN2O/c1-9-4-5-10(3-2-8)6-7(9)11/h2-6H2,1H3. The van der Waals surface area contributed by atoms with Gasteiger partial charge in [0.25, 0.3) is 0 Å². The van der Waals surface area contributed by atoms with Gasteiger partial charge in [-0.05, 0) is 0 Å². The number of likely N-dealkylation sites (N-methyl/N-ethyl adjacent to an activating group) is 1. The van der Waals surface area contributed by atoms with Gasteiger partial charge in [0.2, 0.25) is 5.91 Å². The molecule has 0 N–H and O–H groups in total. The summed E-state index contributed by atoms with van der Waals surface area (Å²) in [6, 6.07) is 0. The summed E-state index contributed by atoms with van der Waals surface area (Å²) in [6.45, 7) is 3.57. The number of halogens is 1. The van der Waals surface area contributed by atoms with Crippen molar-refractivity contribution in [2.75, 3.05) is 37.7 Å². The van der Waals surface area contributed by atoms with Crippen molar-refractivity contribution in [3.63, 3.8) is 0 Å². The Morgan fingerprint density at radius 3 is 2.82 bits per heavy atom. The van der Waals surface area contributed by atoms with E-state index in [1.54, 1.807) is 4.90 Å². The molecule has 1 fully saturated rings. The Kier molecular flexibility index (Phi) is 3.58. The summed E-state index contributed by atoms with van der Waals surface area (Å²) in [6.07, 6.45) is 0. The van der Waals surface area contributed by atoms with Crippen molar-refractivity contribution >= 4 is 28.5 Å². The fourth-order valence-corrected chi connectivity index (χ4v) is 1.80. The van der Waals surface area contributed by atoms with E-state index < -0.39 is 0 Å². The van der Waals surface area contributed by atoms with Crippen LogP contribution in [0.5, 0.6) is 0 Å². The molecule has 4 heteroatoms. The van der Waals surface area contributed by atoms with Crippen LogP contribution in [0.2, 0.25) is 0 Å². The summed E-state index contributed by atoms with van der Waals surface area (Å²) in [5, 5.41) is 0. The SMILES string of the molecule is CN1CCN(CCI)CC1=O. The summed E-state index contributed by atoms with van der Waals surface area (Å²) in [4.78, 5) is 15.2. The highest BCUT2D eigenvalue weighted by atomic mass is 127. The summed E-state index contributed by atoms with van der Waals surface area (Å²) >= 11 is 2.34. The first-order chi connectivity index (χ1) is 5.24. The average Bonchev–Trinajstić information content (AvgIpc) is 1.98. The molecule has 1 aliphatic rings. The van der Waals surface area contributed by atoms with Crippen LogP contribution in [-0.2, 0) is 4.79 Å². The highest BCUT2D eigenvalue weighted by molar-refractivity contribution is 14.1. The van der Waals surface area contributed by atoms with E-state index in [-0.39, 0.29) is 5.91 Å². The lowest BCUT2D eigenvalue weighted by molar-refractivity contribution is -0.134. The minimum atomic E-state index is 0.251. The first-order valence-corrected chi connectivity index (χ1v) is 5.29. The van der Waals surface area contributed by atoms with Gasteiger partial charge in [-0.1, -0.05) is 22.6 Å². The third-order valence-corrected chi connectivity index (χ3v) is 2.42. The van der Waals surface area contributed by atoms with E-state index in [1.807, 2.05) is 7.05 Å². The summed E-state index contributed by atoms with van der Waals surface area (Å²) < 4.78 is 1.11. The molecule has 3 nitrogen and oxygen atoms in total.